The third-order valence-electron chi connectivity index (χ3n) is 7.28. The van der Waals surface area contributed by atoms with E-state index in [9.17, 15) is 9.90 Å². The third kappa shape index (κ3) is 3.01. The number of unbranched alkanes of at least 4 members (excludes halogenated alkanes) is 2. The van der Waals surface area contributed by atoms with Crippen molar-refractivity contribution < 1.29 is 9.90 Å². The van der Waals surface area contributed by atoms with Crippen molar-refractivity contribution in [2.24, 2.45) is 16.7 Å². The van der Waals surface area contributed by atoms with Crippen LogP contribution in [0, 0.1) is 16.7 Å². The summed E-state index contributed by atoms with van der Waals surface area (Å²) < 4.78 is 0. The Morgan fingerprint density at radius 1 is 0.867 bits per heavy atom. The maximum absolute atomic E-state index is 14.1. The van der Waals surface area contributed by atoms with Crippen LogP contribution in [0.15, 0.2) is 60.7 Å². The summed E-state index contributed by atoms with van der Waals surface area (Å²) in [4.78, 5) is 14.1. The van der Waals surface area contributed by atoms with E-state index in [-0.39, 0.29) is 23.6 Å². The summed E-state index contributed by atoms with van der Waals surface area (Å²) in [7, 11) is 0. The van der Waals surface area contributed by atoms with Crippen molar-refractivity contribution in [2.45, 2.75) is 45.3 Å². The Bertz CT molecular complexity index is 936. The first-order chi connectivity index (χ1) is 14.5. The standard InChI is InChI=1S/C27H32O2S/c1-4-5-12-17-30-24-21(18-28)26(2)22(19-13-8-6-9-14-19)23(27(24,3)25(26)29)20-15-10-7-11-16-20/h6-11,13-16,21,24,28H,4-5,12,17-18H2,1-3H3. The van der Waals surface area contributed by atoms with E-state index < -0.39 is 10.8 Å². The molecule has 1 fully saturated rings. The molecule has 1 N–H and O–H groups in total. The van der Waals surface area contributed by atoms with Crippen molar-refractivity contribution in [3.05, 3.63) is 71.8 Å². The number of ketones is 1. The summed E-state index contributed by atoms with van der Waals surface area (Å²) in [5.74, 6) is 1.25. The second kappa shape index (κ2) is 8.36. The molecule has 0 spiro atoms. The number of hydrogen-bond acceptors (Lipinski definition) is 3. The van der Waals surface area contributed by atoms with Gasteiger partial charge in [-0.3, -0.25) is 4.79 Å². The van der Waals surface area contributed by atoms with Gasteiger partial charge in [0.05, 0.1) is 10.8 Å². The molecule has 3 heteroatoms. The fourth-order valence-electron chi connectivity index (χ4n) is 5.84. The number of thioether (sulfide) groups is 1. The number of carbonyl (C=O) groups excluding carboxylic acids is 1. The Morgan fingerprint density at radius 3 is 1.90 bits per heavy atom. The van der Waals surface area contributed by atoms with Gasteiger partial charge in [0.15, 0.2) is 5.78 Å². The average molecular weight is 421 g/mol. The molecule has 2 aromatic carbocycles. The molecule has 0 amide bonds. The molecule has 0 saturated heterocycles. The van der Waals surface area contributed by atoms with Crippen LogP contribution in [0.3, 0.4) is 0 Å². The molecule has 0 aliphatic heterocycles. The van der Waals surface area contributed by atoms with Crippen molar-refractivity contribution >= 4 is 28.7 Å². The zero-order chi connectivity index (χ0) is 21.4. The van der Waals surface area contributed by atoms with Crippen LogP contribution >= 0.6 is 11.8 Å². The molecule has 0 heterocycles. The number of rotatable bonds is 8. The van der Waals surface area contributed by atoms with Crippen molar-refractivity contribution in [1.82, 2.24) is 0 Å². The van der Waals surface area contributed by atoms with Crippen molar-refractivity contribution in [3.8, 4) is 0 Å². The highest BCUT2D eigenvalue weighted by Crippen LogP contribution is 2.71. The van der Waals surface area contributed by atoms with Crippen molar-refractivity contribution in [3.63, 3.8) is 0 Å². The fraction of sp³-hybridized carbons (Fsp3) is 0.444. The minimum atomic E-state index is -0.668. The number of aliphatic hydroxyl groups excluding tert-OH is 1. The number of Topliss-reactive ketones (excluding diaryl/α,β-unsaturated/α-hetero) is 1. The number of carbonyl (C=O) groups is 1. The number of fused-ring (bicyclic) bond motifs is 2. The molecule has 4 rings (SSSR count). The molecular formula is C27H32O2S. The average Bonchev–Trinajstić information content (AvgIpc) is 3.06. The predicted octanol–water partition coefficient (Wildman–Crippen LogP) is 6.11. The monoisotopic (exact) mass is 420 g/mol. The van der Waals surface area contributed by atoms with Crippen molar-refractivity contribution in [2.75, 3.05) is 12.4 Å². The van der Waals surface area contributed by atoms with Gasteiger partial charge in [0.1, 0.15) is 0 Å². The van der Waals surface area contributed by atoms with Crippen LogP contribution < -0.4 is 0 Å². The van der Waals surface area contributed by atoms with Crippen LogP contribution in [0.25, 0.3) is 11.1 Å². The number of aliphatic hydroxyl groups is 1. The second-order valence-electron chi connectivity index (χ2n) is 9.00. The second-order valence-corrected chi connectivity index (χ2v) is 10.3. The zero-order valence-electron chi connectivity index (χ0n) is 18.2. The smallest absolute Gasteiger partial charge is 0.154 e. The van der Waals surface area contributed by atoms with Gasteiger partial charge < -0.3 is 5.11 Å². The largest absolute Gasteiger partial charge is 0.396 e. The minimum absolute atomic E-state index is 0.0433. The van der Waals surface area contributed by atoms with Crippen LogP contribution in [-0.4, -0.2) is 28.5 Å². The van der Waals surface area contributed by atoms with E-state index in [1.54, 1.807) is 0 Å². The molecule has 4 unspecified atom stereocenters. The van der Waals surface area contributed by atoms with Crippen LogP contribution in [-0.2, 0) is 4.79 Å². The highest BCUT2D eigenvalue weighted by molar-refractivity contribution is 8.00. The zero-order valence-corrected chi connectivity index (χ0v) is 19.0. The predicted molar refractivity (Wildman–Crippen MR) is 127 cm³/mol. The summed E-state index contributed by atoms with van der Waals surface area (Å²) in [6.07, 6.45) is 3.56. The van der Waals surface area contributed by atoms with Gasteiger partial charge in [-0.15, -0.1) is 0 Å². The lowest BCUT2D eigenvalue weighted by Crippen LogP contribution is -2.38. The van der Waals surface area contributed by atoms with Gasteiger partial charge in [-0.25, -0.2) is 0 Å². The van der Waals surface area contributed by atoms with Crippen molar-refractivity contribution in [1.29, 1.82) is 0 Å². The first-order valence-corrected chi connectivity index (χ1v) is 12.2. The van der Waals surface area contributed by atoms with Gasteiger partial charge in [-0.05, 0) is 48.3 Å². The topological polar surface area (TPSA) is 37.3 Å². The van der Waals surface area contributed by atoms with Crippen LogP contribution in [0.2, 0.25) is 0 Å². The Hall–Kier alpha value is -1.84. The van der Waals surface area contributed by atoms with Gasteiger partial charge in [-0.1, -0.05) is 80.4 Å². The molecule has 1 saturated carbocycles. The van der Waals surface area contributed by atoms with Gasteiger partial charge in [0, 0.05) is 17.8 Å². The van der Waals surface area contributed by atoms with E-state index in [1.807, 2.05) is 36.0 Å². The van der Waals surface area contributed by atoms with E-state index >= 15 is 0 Å². The van der Waals surface area contributed by atoms with E-state index in [0.717, 1.165) is 28.9 Å². The Balaban J connectivity index is 1.91. The summed E-state index contributed by atoms with van der Waals surface area (Å²) in [6, 6.07) is 20.7. The number of benzene rings is 2. The molecular weight excluding hydrogens is 388 g/mol. The Labute approximate surface area is 184 Å². The highest BCUT2D eigenvalue weighted by Gasteiger charge is 2.71. The van der Waals surface area contributed by atoms with E-state index in [2.05, 4.69) is 57.2 Å². The minimum Gasteiger partial charge on any atom is -0.396 e. The molecule has 4 atom stereocenters. The molecule has 2 aromatic rings. The van der Waals surface area contributed by atoms with E-state index in [0.29, 0.717) is 0 Å². The molecule has 2 bridgehead atoms. The first-order valence-electron chi connectivity index (χ1n) is 11.1. The molecule has 158 valence electrons. The Morgan fingerprint density at radius 2 is 1.40 bits per heavy atom. The molecule has 2 aliphatic carbocycles. The first kappa shape index (κ1) is 21.4. The third-order valence-corrected chi connectivity index (χ3v) is 8.96. The lowest BCUT2D eigenvalue weighted by atomic mass is 9.67. The van der Waals surface area contributed by atoms with Gasteiger partial charge >= 0.3 is 0 Å². The maximum atomic E-state index is 14.1. The summed E-state index contributed by atoms with van der Waals surface area (Å²) in [5, 5.41) is 10.6. The quantitative estimate of drug-likeness (QED) is 0.524. The summed E-state index contributed by atoms with van der Waals surface area (Å²) >= 11 is 1.90. The van der Waals surface area contributed by atoms with E-state index in [4.69, 9.17) is 0 Å². The normalized spacial score (nSPS) is 30.3. The fourth-order valence-corrected chi connectivity index (χ4v) is 7.61. The maximum Gasteiger partial charge on any atom is 0.154 e. The molecule has 30 heavy (non-hydrogen) atoms. The highest BCUT2D eigenvalue weighted by atomic mass is 32.2. The molecule has 2 nitrogen and oxygen atoms in total. The lowest BCUT2D eigenvalue weighted by molar-refractivity contribution is -0.127. The summed E-state index contributed by atoms with van der Waals surface area (Å²) in [5.41, 5.74) is 3.25. The van der Waals surface area contributed by atoms with Gasteiger partial charge in [0.25, 0.3) is 0 Å². The van der Waals surface area contributed by atoms with Crippen LogP contribution in [0.5, 0.6) is 0 Å². The molecule has 0 aromatic heterocycles. The number of hydrogen-bond donors (Lipinski definition) is 1. The van der Waals surface area contributed by atoms with E-state index in [1.165, 1.54) is 18.4 Å². The van der Waals surface area contributed by atoms with Gasteiger partial charge in [0.2, 0.25) is 0 Å². The Kier molecular flexibility index (Phi) is 5.96. The van der Waals surface area contributed by atoms with Crippen LogP contribution in [0.1, 0.15) is 51.2 Å². The summed E-state index contributed by atoms with van der Waals surface area (Å²) in [6.45, 7) is 6.48. The number of allylic oxidation sites excluding steroid dienone is 2. The molecule has 2 aliphatic rings. The lowest BCUT2D eigenvalue weighted by Gasteiger charge is -2.41. The van der Waals surface area contributed by atoms with Gasteiger partial charge in [-0.2, -0.15) is 11.8 Å². The van der Waals surface area contributed by atoms with Crippen LogP contribution in [0.4, 0.5) is 0 Å². The molecule has 0 radical (unpaired) electrons. The SMILES string of the molecule is CCCCCSC1C(CO)C2(C)C(=O)C1(C)C(c1ccccc1)=C2c1ccccc1.